The van der Waals surface area contributed by atoms with E-state index in [1.165, 1.54) is 24.4 Å². The Morgan fingerprint density at radius 2 is 1.86 bits per heavy atom. The van der Waals surface area contributed by atoms with E-state index in [9.17, 15) is 22.8 Å². The number of hydrogen-bond donors (Lipinski definition) is 3. The highest BCUT2D eigenvalue weighted by molar-refractivity contribution is 5.97. The second-order valence-electron chi connectivity index (χ2n) is 5.92. The Bertz CT molecular complexity index is 905. The molecule has 0 saturated carbocycles. The van der Waals surface area contributed by atoms with Crippen LogP contribution in [-0.2, 0) is 11.0 Å². The van der Waals surface area contributed by atoms with E-state index < -0.39 is 23.6 Å². The summed E-state index contributed by atoms with van der Waals surface area (Å²) in [4.78, 5) is 27.6. The van der Waals surface area contributed by atoms with Crippen LogP contribution in [0.2, 0.25) is 0 Å². The zero-order valence-electron chi connectivity index (χ0n) is 15.0. The molecule has 0 aliphatic carbocycles. The fourth-order valence-corrected chi connectivity index (χ4v) is 2.52. The molecule has 1 aromatic carbocycles. The second-order valence-corrected chi connectivity index (χ2v) is 5.92. The van der Waals surface area contributed by atoms with Gasteiger partial charge in [-0.1, -0.05) is 0 Å². The van der Waals surface area contributed by atoms with Crippen LogP contribution >= 0.6 is 0 Å². The number of anilines is 1. The predicted octanol–water partition coefficient (Wildman–Crippen LogP) is 1.79. The van der Waals surface area contributed by atoms with Crippen molar-refractivity contribution in [1.82, 2.24) is 15.6 Å². The molecule has 1 aliphatic rings. The molecule has 3 N–H and O–H groups in total. The summed E-state index contributed by atoms with van der Waals surface area (Å²) in [6.45, 7) is -0.126. The topological polar surface area (TPSA) is 102 Å². The van der Waals surface area contributed by atoms with Gasteiger partial charge >= 0.3 is 6.18 Å². The number of pyridine rings is 1. The third-order valence-corrected chi connectivity index (χ3v) is 3.90. The zero-order valence-corrected chi connectivity index (χ0v) is 15.0. The lowest BCUT2D eigenvalue weighted by Crippen LogP contribution is -2.38. The number of rotatable bonds is 7. The number of carbonyl (C=O) groups excluding carboxylic acids is 2. The van der Waals surface area contributed by atoms with Crippen molar-refractivity contribution in [3.63, 3.8) is 0 Å². The minimum atomic E-state index is -4.53. The highest BCUT2D eigenvalue weighted by Crippen LogP contribution is 2.33. The van der Waals surface area contributed by atoms with Gasteiger partial charge in [0, 0.05) is 24.8 Å². The van der Waals surface area contributed by atoms with E-state index >= 15 is 0 Å². The van der Waals surface area contributed by atoms with Gasteiger partial charge in [0.05, 0.1) is 12.1 Å². The highest BCUT2D eigenvalue weighted by atomic mass is 19.4. The first-order chi connectivity index (χ1) is 13.8. The number of carbonyl (C=O) groups is 2. The van der Waals surface area contributed by atoms with E-state index in [0.29, 0.717) is 17.1 Å². The SMILES string of the molecule is O=C(CNC(=O)c1ccc2c(c1)OCO2)NCCNc1ncccc1C(F)(F)F. The summed E-state index contributed by atoms with van der Waals surface area (Å²) in [5.41, 5.74) is -0.583. The maximum atomic E-state index is 12.9. The van der Waals surface area contributed by atoms with Crippen LogP contribution < -0.4 is 25.4 Å². The van der Waals surface area contributed by atoms with Gasteiger partial charge in [0.15, 0.2) is 11.5 Å². The number of benzene rings is 1. The molecular weight excluding hydrogens is 393 g/mol. The van der Waals surface area contributed by atoms with Crippen molar-refractivity contribution in [3.8, 4) is 11.5 Å². The summed E-state index contributed by atoms with van der Waals surface area (Å²) in [6, 6.07) is 6.74. The molecule has 1 aliphatic heterocycles. The molecule has 0 bridgehead atoms. The smallest absolute Gasteiger partial charge is 0.419 e. The van der Waals surface area contributed by atoms with Crippen LogP contribution in [0.25, 0.3) is 0 Å². The van der Waals surface area contributed by atoms with Crippen molar-refractivity contribution >= 4 is 17.6 Å². The molecule has 29 heavy (non-hydrogen) atoms. The van der Waals surface area contributed by atoms with Crippen LogP contribution in [-0.4, -0.2) is 43.2 Å². The molecule has 0 fully saturated rings. The number of halogens is 3. The first kappa shape index (κ1) is 20.2. The van der Waals surface area contributed by atoms with E-state index in [4.69, 9.17) is 9.47 Å². The maximum Gasteiger partial charge on any atom is 0.419 e. The molecule has 1 aromatic heterocycles. The largest absolute Gasteiger partial charge is 0.454 e. The number of ether oxygens (including phenoxy) is 2. The monoisotopic (exact) mass is 410 g/mol. The van der Waals surface area contributed by atoms with Gasteiger partial charge in [-0.25, -0.2) is 4.98 Å². The Kier molecular flexibility index (Phi) is 6.05. The third-order valence-electron chi connectivity index (χ3n) is 3.90. The van der Waals surface area contributed by atoms with Crippen molar-refractivity contribution < 1.29 is 32.2 Å². The molecule has 2 heterocycles. The van der Waals surface area contributed by atoms with Crippen molar-refractivity contribution in [3.05, 3.63) is 47.7 Å². The van der Waals surface area contributed by atoms with Crippen molar-refractivity contribution in [2.24, 2.45) is 0 Å². The van der Waals surface area contributed by atoms with Crippen molar-refractivity contribution in [2.45, 2.75) is 6.18 Å². The van der Waals surface area contributed by atoms with E-state index in [2.05, 4.69) is 20.9 Å². The lowest BCUT2D eigenvalue weighted by atomic mass is 10.2. The van der Waals surface area contributed by atoms with Crippen molar-refractivity contribution in [2.75, 3.05) is 31.7 Å². The summed E-state index contributed by atoms with van der Waals surface area (Å²) in [6.07, 6.45) is -3.29. The minimum Gasteiger partial charge on any atom is -0.454 e. The summed E-state index contributed by atoms with van der Waals surface area (Å²) in [7, 11) is 0. The molecule has 0 atom stereocenters. The highest BCUT2D eigenvalue weighted by Gasteiger charge is 2.33. The Balaban J connectivity index is 1.40. The number of fused-ring (bicyclic) bond motifs is 1. The van der Waals surface area contributed by atoms with Gasteiger partial charge in [-0.05, 0) is 30.3 Å². The number of aromatic nitrogens is 1. The molecule has 2 aromatic rings. The van der Waals surface area contributed by atoms with Gasteiger partial charge in [0.1, 0.15) is 5.82 Å². The first-order valence-electron chi connectivity index (χ1n) is 8.55. The molecule has 11 heteroatoms. The molecule has 0 radical (unpaired) electrons. The standard InChI is InChI=1S/C18H17F3N4O4/c19-18(20,21)12-2-1-5-23-16(12)24-7-6-22-15(26)9-25-17(27)11-3-4-13-14(8-11)29-10-28-13/h1-5,8H,6-7,9-10H2,(H,22,26)(H,23,24)(H,25,27). The molecule has 3 rings (SSSR count). The van der Waals surface area contributed by atoms with E-state index in [1.807, 2.05) is 0 Å². The van der Waals surface area contributed by atoms with Crippen LogP contribution in [0, 0.1) is 0 Å². The normalized spacial score (nSPS) is 12.4. The molecule has 154 valence electrons. The van der Waals surface area contributed by atoms with Crippen LogP contribution in [0.1, 0.15) is 15.9 Å². The van der Waals surface area contributed by atoms with Gasteiger partial charge in [-0.3, -0.25) is 9.59 Å². The number of amides is 2. The molecule has 2 amide bonds. The Morgan fingerprint density at radius 3 is 2.66 bits per heavy atom. The Morgan fingerprint density at radius 1 is 1.07 bits per heavy atom. The lowest BCUT2D eigenvalue weighted by molar-refractivity contribution is -0.137. The average Bonchev–Trinajstić information content (AvgIpc) is 3.16. The molecule has 0 saturated heterocycles. The molecule has 8 nitrogen and oxygen atoms in total. The number of nitrogens with zero attached hydrogens (tertiary/aromatic N) is 1. The van der Waals surface area contributed by atoms with E-state index in [-0.39, 0.29) is 32.2 Å². The van der Waals surface area contributed by atoms with E-state index in [1.54, 1.807) is 6.07 Å². The van der Waals surface area contributed by atoms with E-state index in [0.717, 1.165) is 6.07 Å². The lowest BCUT2D eigenvalue weighted by Gasteiger charge is -2.13. The number of alkyl halides is 3. The van der Waals surface area contributed by atoms with Gasteiger partial charge in [-0.2, -0.15) is 13.2 Å². The average molecular weight is 410 g/mol. The van der Waals surface area contributed by atoms with Gasteiger partial charge in [0.25, 0.3) is 5.91 Å². The van der Waals surface area contributed by atoms with Crippen LogP contribution in [0.3, 0.4) is 0 Å². The third kappa shape index (κ3) is 5.27. The van der Waals surface area contributed by atoms with Crippen LogP contribution in [0.5, 0.6) is 11.5 Å². The quantitative estimate of drug-likeness (QED) is 0.602. The maximum absolute atomic E-state index is 12.9. The van der Waals surface area contributed by atoms with Crippen LogP contribution in [0.15, 0.2) is 36.5 Å². The Labute approximate surface area is 163 Å². The first-order valence-corrected chi connectivity index (χ1v) is 8.55. The molecule has 0 spiro atoms. The minimum absolute atomic E-state index is 0.0297. The summed E-state index contributed by atoms with van der Waals surface area (Å²) >= 11 is 0. The van der Waals surface area contributed by atoms with Gasteiger partial charge in [-0.15, -0.1) is 0 Å². The van der Waals surface area contributed by atoms with Gasteiger partial charge < -0.3 is 25.4 Å². The van der Waals surface area contributed by atoms with Gasteiger partial charge in [0.2, 0.25) is 12.7 Å². The predicted molar refractivity (Wildman–Crippen MR) is 95.6 cm³/mol. The molecular formula is C18H17F3N4O4. The van der Waals surface area contributed by atoms with Crippen LogP contribution in [0.4, 0.5) is 19.0 Å². The second kappa shape index (κ2) is 8.67. The number of hydrogen-bond acceptors (Lipinski definition) is 6. The fraction of sp³-hybridized carbons (Fsp3) is 0.278. The van der Waals surface area contributed by atoms with Crippen molar-refractivity contribution in [1.29, 1.82) is 0 Å². The summed E-state index contributed by atoms with van der Waals surface area (Å²) < 4.78 is 48.9. The summed E-state index contributed by atoms with van der Waals surface area (Å²) in [5, 5.41) is 7.47. The molecule has 0 unspecified atom stereocenters. The fourth-order valence-electron chi connectivity index (χ4n) is 2.52. The summed E-state index contributed by atoms with van der Waals surface area (Å²) in [5.74, 6) is -0.294. The Hall–Kier alpha value is -3.50. The zero-order chi connectivity index (χ0) is 20.9. The number of nitrogens with one attached hydrogen (secondary N) is 3.